The van der Waals surface area contributed by atoms with Gasteiger partial charge in [0.05, 0.1) is 25.0 Å². The second-order valence-corrected chi connectivity index (χ2v) is 9.49. The summed E-state index contributed by atoms with van der Waals surface area (Å²) in [4.78, 5) is 48.0. The van der Waals surface area contributed by atoms with E-state index in [1.807, 2.05) is 13.8 Å². The molecule has 0 aliphatic heterocycles. The van der Waals surface area contributed by atoms with Gasteiger partial charge in [-0.1, -0.05) is 54.5 Å². The van der Waals surface area contributed by atoms with Gasteiger partial charge in [-0.05, 0) is 29.5 Å². The minimum absolute atomic E-state index is 0.0188. The van der Waals surface area contributed by atoms with Gasteiger partial charge >= 0.3 is 24.1 Å². The van der Waals surface area contributed by atoms with Gasteiger partial charge in [0.25, 0.3) is 0 Å². The Balaban J connectivity index is 3.30. The first-order valence-corrected chi connectivity index (χ1v) is 11.6. The molecule has 0 amide bonds. The van der Waals surface area contributed by atoms with Crippen LogP contribution in [-0.4, -0.2) is 48.4 Å². The molecule has 0 saturated heterocycles. The van der Waals surface area contributed by atoms with Crippen LogP contribution in [0.1, 0.15) is 59.9 Å². The first-order valence-electron chi connectivity index (χ1n) is 11.6. The Morgan fingerprint density at radius 2 is 1.34 bits per heavy atom. The second-order valence-electron chi connectivity index (χ2n) is 9.49. The molecule has 1 aromatic carbocycles. The molecule has 3 atom stereocenters. The van der Waals surface area contributed by atoms with Crippen LogP contribution in [0.2, 0.25) is 0 Å². The predicted molar refractivity (Wildman–Crippen MR) is 127 cm³/mol. The highest BCUT2D eigenvalue weighted by molar-refractivity contribution is 5.78. The zero-order valence-corrected chi connectivity index (χ0v) is 21.4. The van der Waals surface area contributed by atoms with Gasteiger partial charge < -0.3 is 29.8 Å². The van der Waals surface area contributed by atoms with Crippen molar-refractivity contribution >= 4 is 24.1 Å². The van der Waals surface area contributed by atoms with E-state index in [4.69, 9.17) is 24.7 Å². The van der Waals surface area contributed by atoms with Crippen molar-refractivity contribution in [3.63, 3.8) is 0 Å². The Morgan fingerprint density at radius 1 is 0.829 bits per heavy atom. The molecule has 0 fully saturated rings. The van der Waals surface area contributed by atoms with Crippen molar-refractivity contribution in [3.05, 3.63) is 23.8 Å². The van der Waals surface area contributed by atoms with Gasteiger partial charge in [0.1, 0.15) is 6.04 Å². The quantitative estimate of drug-likeness (QED) is 0.324. The van der Waals surface area contributed by atoms with E-state index in [1.165, 1.54) is 18.2 Å². The summed E-state index contributed by atoms with van der Waals surface area (Å²) in [5, 5.41) is 9.60. The number of carbonyl (C=O) groups excluding carboxylic acids is 3. The summed E-state index contributed by atoms with van der Waals surface area (Å²) in [6, 6.07) is 3.02. The molecule has 0 saturated carbocycles. The van der Waals surface area contributed by atoms with Crippen LogP contribution < -0.4 is 15.2 Å². The monoisotopic (exact) mass is 495 g/mol. The number of carboxylic acids is 1. The molecule has 0 radical (unpaired) electrons. The molecule has 1 aromatic rings. The number of benzene rings is 1. The van der Waals surface area contributed by atoms with Gasteiger partial charge in [-0.25, -0.2) is 4.79 Å². The van der Waals surface area contributed by atoms with Crippen molar-refractivity contribution in [2.24, 2.45) is 29.4 Å². The van der Waals surface area contributed by atoms with Gasteiger partial charge in [-0.2, -0.15) is 0 Å². The number of carbonyl (C=O) groups is 4. The zero-order valence-electron chi connectivity index (χ0n) is 21.4. The van der Waals surface area contributed by atoms with Crippen molar-refractivity contribution < 1.29 is 43.2 Å². The van der Waals surface area contributed by atoms with E-state index in [0.29, 0.717) is 5.56 Å². The molecular formula is C25H37NO9. The Morgan fingerprint density at radius 3 is 1.83 bits per heavy atom. The van der Waals surface area contributed by atoms with Crippen molar-refractivity contribution in [1.82, 2.24) is 0 Å². The topological polar surface area (TPSA) is 151 Å². The first-order chi connectivity index (χ1) is 16.2. The fourth-order valence-corrected chi connectivity index (χ4v) is 2.97. The summed E-state index contributed by atoms with van der Waals surface area (Å²) >= 11 is 0. The van der Waals surface area contributed by atoms with Gasteiger partial charge in [0.2, 0.25) is 0 Å². The van der Waals surface area contributed by atoms with Crippen LogP contribution in [0.25, 0.3) is 0 Å². The molecule has 0 heterocycles. The number of ether oxygens (including phenoxy) is 4. The number of aliphatic carboxylic acids is 1. The van der Waals surface area contributed by atoms with E-state index < -0.39 is 53.8 Å². The van der Waals surface area contributed by atoms with E-state index in [2.05, 4.69) is 0 Å². The van der Waals surface area contributed by atoms with Crippen LogP contribution in [0, 0.1) is 23.7 Å². The maximum Gasteiger partial charge on any atom is 0.508 e. The molecule has 0 bridgehead atoms. The summed E-state index contributed by atoms with van der Waals surface area (Å²) in [5.74, 6) is -4.52. The van der Waals surface area contributed by atoms with Crippen LogP contribution in [-0.2, 0) is 23.9 Å². The molecular weight excluding hydrogens is 458 g/mol. The van der Waals surface area contributed by atoms with Gasteiger partial charge in [-0.15, -0.1) is 0 Å². The molecule has 0 aliphatic rings. The van der Waals surface area contributed by atoms with Gasteiger partial charge in [0.15, 0.2) is 11.5 Å². The molecule has 0 aromatic heterocycles. The molecule has 1 rings (SSSR count). The molecule has 0 spiro atoms. The first kappa shape index (κ1) is 29.9. The number of hydrogen-bond donors (Lipinski definition) is 2. The highest BCUT2D eigenvalue weighted by Gasteiger charge is 2.33. The largest absolute Gasteiger partial charge is 0.508 e. The number of hydrogen-bond acceptors (Lipinski definition) is 9. The summed E-state index contributed by atoms with van der Waals surface area (Å²) < 4.78 is 20.9. The fourth-order valence-electron chi connectivity index (χ4n) is 2.97. The molecule has 10 heteroatoms. The lowest BCUT2D eigenvalue weighted by Gasteiger charge is -2.28. The van der Waals surface area contributed by atoms with Crippen LogP contribution in [0.4, 0.5) is 4.79 Å². The zero-order chi connectivity index (χ0) is 26.9. The molecule has 3 N–H and O–H groups in total. The Kier molecular flexibility index (Phi) is 11.7. The second kappa shape index (κ2) is 13.7. The Hall–Kier alpha value is -3.14. The van der Waals surface area contributed by atoms with Crippen LogP contribution in [0.3, 0.4) is 0 Å². The maximum absolute atomic E-state index is 12.3. The summed E-state index contributed by atoms with van der Waals surface area (Å²) in [6.45, 7) is 12.1. The maximum atomic E-state index is 12.3. The smallest absolute Gasteiger partial charge is 0.480 e. The number of carboxylic acid groups (broad SMARTS) is 1. The lowest BCUT2D eigenvalue weighted by atomic mass is 9.82. The summed E-state index contributed by atoms with van der Waals surface area (Å²) in [7, 11) is 0. The van der Waals surface area contributed by atoms with Crippen molar-refractivity contribution in [1.29, 1.82) is 0 Å². The van der Waals surface area contributed by atoms with Crippen LogP contribution in [0.5, 0.6) is 11.5 Å². The van der Waals surface area contributed by atoms with E-state index in [0.717, 1.165) is 0 Å². The standard InChI is InChI=1S/C25H37NO9/c1-13(2)11-32-25(31)33-12-16(7)20(21(26)22(27)28)17-8-9-18(34-23(29)14(3)4)19(10-17)35-24(30)15(5)6/h8-10,13-16,20-21H,11-12,26H2,1-7H3,(H,27,28)/t16?,20?,21-/m0/s1. The van der Waals surface area contributed by atoms with E-state index >= 15 is 0 Å². The third-order valence-electron chi connectivity index (χ3n) is 5.00. The van der Waals surface area contributed by atoms with E-state index in [-0.39, 0.29) is 30.6 Å². The highest BCUT2D eigenvalue weighted by atomic mass is 16.7. The normalized spacial score (nSPS) is 13.8. The van der Waals surface area contributed by atoms with Gasteiger partial charge in [0, 0.05) is 5.92 Å². The van der Waals surface area contributed by atoms with Crippen LogP contribution >= 0.6 is 0 Å². The number of esters is 2. The Labute approximate surface area is 206 Å². The minimum Gasteiger partial charge on any atom is -0.480 e. The van der Waals surface area contributed by atoms with Crippen molar-refractivity contribution in [2.45, 2.75) is 60.4 Å². The molecule has 196 valence electrons. The van der Waals surface area contributed by atoms with Crippen molar-refractivity contribution in [3.8, 4) is 11.5 Å². The Bertz CT molecular complexity index is 895. The molecule has 0 aliphatic carbocycles. The minimum atomic E-state index is -1.36. The lowest BCUT2D eigenvalue weighted by Crippen LogP contribution is -2.40. The predicted octanol–water partition coefficient (Wildman–Crippen LogP) is 3.75. The summed E-state index contributed by atoms with van der Waals surface area (Å²) in [6.07, 6.45) is -0.865. The van der Waals surface area contributed by atoms with E-state index in [9.17, 15) is 24.3 Å². The molecule has 35 heavy (non-hydrogen) atoms. The fraction of sp³-hybridized carbons (Fsp3) is 0.600. The summed E-state index contributed by atoms with van der Waals surface area (Å²) in [5.41, 5.74) is 6.40. The van der Waals surface area contributed by atoms with Gasteiger partial charge in [-0.3, -0.25) is 14.4 Å². The third kappa shape index (κ3) is 9.56. The average Bonchev–Trinajstić information content (AvgIpc) is 2.77. The van der Waals surface area contributed by atoms with Crippen molar-refractivity contribution in [2.75, 3.05) is 13.2 Å². The lowest BCUT2D eigenvalue weighted by molar-refractivity contribution is -0.140. The van der Waals surface area contributed by atoms with E-state index in [1.54, 1.807) is 34.6 Å². The average molecular weight is 496 g/mol. The SMILES string of the molecule is CC(C)COC(=O)OCC(C)C(c1ccc(OC(=O)C(C)C)c(OC(=O)C(C)C)c1)[C@H](N)C(=O)O. The third-order valence-corrected chi connectivity index (χ3v) is 5.00. The number of rotatable bonds is 12. The molecule has 10 nitrogen and oxygen atoms in total. The highest BCUT2D eigenvalue weighted by Crippen LogP contribution is 2.36. The molecule has 2 unspecified atom stereocenters. The number of nitrogens with two attached hydrogens (primary N) is 1. The van der Waals surface area contributed by atoms with Crippen LogP contribution in [0.15, 0.2) is 18.2 Å².